The summed E-state index contributed by atoms with van der Waals surface area (Å²) in [5, 5.41) is 3.03. The number of benzene rings is 1. The number of ether oxygens (including phenoxy) is 2. The maximum absolute atomic E-state index is 13.6. The summed E-state index contributed by atoms with van der Waals surface area (Å²) in [4.78, 5) is 25.9. The normalized spacial score (nSPS) is 16.4. The van der Waals surface area contributed by atoms with Gasteiger partial charge in [-0.05, 0) is 71.1 Å². The molecule has 2 rings (SSSR count). The van der Waals surface area contributed by atoms with Crippen molar-refractivity contribution in [3.05, 3.63) is 29.3 Å². The number of anilines is 1. The monoisotopic (exact) mass is 458 g/mol. The molecule has 9 heteroatoms. The van der Waals surface area contributed by atoms with Crippen LogP contribution < -0.4 is 5.32 Å². The predicted octanol–water partition coefficient (Wildman–Crippen LogP) is 5.72. The maximum Gasteiger partial charge on any atom is 0.418 e. The van der Waals surface area contributed by atoms with Crippen molar-refractivity contribution in [3.63, 3.8) is 0 Å². The highest BCUT2D eigenvalue weighted by atomic mass is 19.4. The quantitative estimate of drug-likeness (QED) is 0.552. The Hall–Kier alpha value is -2.45. The maximum atomic E-state index is 13.6. The van der Waals surface area contributed by atoms with Gasteiger partial charge in [-0.25, -0.2) is 9.59 Å². The molecule has 6 nitrogen and oxygen atoms in total. The number of carbonyl (C=O) groups excluding carboxylic acids is 2. The molecule has 1 fully saturated rings. The van der Waals surface area contributed by atoms with Gasteiger partial charge in [0, 0.05) is 24.8 Å². The van der Waals surface area contributed by atoms with Crippen LogP contribution in [0.15, 0.2) is 18.2 Å². The molecule has 0 saturated carbocycles. The molecule has 1 aromatic rings. The van der Waals surface area contributed by atoms with Gasteiger partial charge < -0.3 is 19.7 Å². The molecule has 0 aliphatic carbocycles. The number of amides is 1. The molecule has 1 amide bonds. The number of hydrogen-bond acceptors (Lipinski definition) is 5. The molecule has 1 aromatic carbocycles. The molecule has 1 saturated heterocycles. The zero-order chi connectivity index (χ0) is 24.1. The van der Waals surface area contributed by atoms with Crippen LogP contribution in [0, 0.1) is 5.92 Å². The van der Waals surface area contributed by atoms with Crippen LogP contribution in [0.5, 0.6) is 0 Å². The van der Waals surface area contributed by atoms with E-state index in [2.05, 4.69) is 5.32 Å². The molecule has 1 aliphatic heterocycles. The van der Waals surface area contributed by atoms with E-state index in [0.717, 1.165) is 12.1 Å². The molecule has 32 heavy (non-hydrogen) atoms. The van der Waals surface area contributed by atoms with Gasteiger partial charge in [-0.2, -0.15) is 13.2 Å². The van der Waals surface area contributed by atoms with Crippen molar-refractivity contribution < 1.29 is 32.2 Å². The van der Waals surface area contributed by atoms with Crippen molar-refractivity contribution in [1.29, 1.82) is 0 Å². The summed E-state index contributed by atoms with van der Waals surface area (Å²) in [7, 11) is 0. The number of piperidine rings is 1. The topological polar surface area (TPSA) is 67.9 Å². The molecule has 0 bridgehead atoms. The van der Waals surface area contributed by atoms with E-state index < -0.39 is 23.3 Å². The SMILES string of the molecule is CCOC(=O)c1ccc(C(F)(F)F)c(NC(CC)C2CCN(C(=O)OC(C)(C)C)CC2)c1. The highest BCUT2D eigenvalue weighted by Crippen LogP contribution is 2.37. The molecule has 0 spiro atoms. The second-order valence-corrected chi connectivity index (χ2v) is 8.94. The number of nitrogens with zero attached hydrogens (tertiary/aromatic N) is 1. The van der Waals surface area contributed by atoms with Crippen molar-refractivity contribution in [1.82, 2.24) is 4.90 Å². The number of alkyl halides is 3. The summed E-state index contributed by atoms with van der Waals surface area (Å²) < 4.78 is 51.1. The minimum atomic E-state index is -4.56. The lowest BCUT2D eigenvalue weighted by Crippen LogP contribution is -2.44. The number of nitrogens with one attached hydrogen (secondary N) is 1. The second kappa shape index (κ2) is 10.4. The van der Waals surface area contributed by atoms with Crippen LogP contribution in [0.4, 0.5) is 23.7 Å². The van der Waals surface area contributed by atoms with Crippen LogP contribution in [0.25, 0.3) is 0 Å². The fourth-order valence-electron chi connectivity index (χ4n) is 3.82. The van der Waals surface area contributed by atoms with E-state index in [1.54, 1.807) is 32.6 Å². The van der Waals surface area contributed by atoms with Gasteiger partial charge in [0.25, 0.3) is 0 Å². The first kappa shape index (κ1) is 25.8. The molecule has 1 N–H and O–H groups in total. The van der Waals surface area contributed by atoms with Crippen molar-refractivity contribution in [2.45, 2.75) is 71.7 Å². The van der Waals surface area contributed by atoms with E-state index in [0.29, 0.717) is 32.4 Å². The van der Waals surface area contributed by atoms with Crippen molar-refractivity contribution in [2.75, 3.05) is 25.0 Å². The average molecular weight is 459 g/mol. The summed E-state index contributed by atoms with van der Waals surface area (Å²) >= 11 is 0. The second-order valence-electron chi connectivity index (χ2n) is 8.94. The first-order chi connectivity index (χ1) is 14.9. The lowest BCUT2D eigenvalue weighted by Gasteiger charge is -2.37. The van der Waals surface area contributed by atoms with E-state index in [1.165, 1.54) is 6.07 Å². The van der Waals surface area contributed by atoms with Gasteiger partial charge in [0.1, 0.15) is 5.60 Å². The number of esters is 1. The molecule has 1 atom stereocenters. The molecule has 1 aliphatic rings. The Kier molecular flexibility index (Phi) is 8.42. The molecular weight excluding hydrogens is 425 g/mol. The van der Waals surface area contributed by atoms with Crippen LogP contribution in [0.1, 0.15) is 69.8 Å². The Bertz CT molecular complexity index is 797. The highest BCUT2D eigenvalue weighted by Gasteiger charge is 2.36. The Labute approximate surface area is 187 Å². The zero-order valence-corrected chi connectivity index (χ0v) is 19.3. The van der Waals surface area contributed by atoms with Crippen molar-refractivity contribution in [2.24, 2.45) is 5.92 Å². The van der Waals surface area contributed by atoms with Gasteiger partial charge >= 0.3 is 18.2 Å². The number of likely N-dealkylation sites (tertiary alicyclic amines) is 1. The van der Waals surface area contributed by atoms with Crippen LogP contribution >= 0.6 is 0 Å². The fourth-order valence-corrected chi connectivity index (χ4v) is 3.82. The van der Waals surface area contributed by atoms with Crippen LogP contribution in [0.2, 0.25) is 0 Å². The molecular formula is C23H33F3N2O4. The molecule has 0 aromatic heterocycles. The van der Waals surface area contributed by atoms with Crippen LogP contribution in [-0.2, 0) is 15.7 Å². The van der Waals surface area contributed by atoms with Crippen molar-refractivity contribution >= 4 is 17.7 Å². The molecule has 1 heterocycles. The Morgan fingerprint density at radius 1 is 1.16 bits per heavy atom. The summed E-state index contributed by atoms with van der Waals surface area (Å²) in [5.41, 5.74) is -1.48. The summed E-state index contributed by atoms with van der Waals surface area (Å²) in [6.07, 6.45) is -3.06. The van der Waals surface area contributed by atoms with Crippen LogP contribution in [0.3, 0.4) is 0 Å². The largest absolute Gasteiger partial charge is 0.462 e. The van der Waals surface area contributed by atoms with Gasteiger partial charge in [-0.15, -0.1) is 0 Å². The van der Waals surface area contributed by atoms with Gasteiger partial charge in [-0.3, -0.25) is 0 Å². The smallest absolute Gasteiger partial charge is 0.418 e. The number of rotatable bonds is 6. The third-order valence-electron chi connectivity index (χ3n) is 5.38. The first-order valence-electron chi connectivity index (χ1n) is 11.0. The number of halogens is 3. The fraction of sp³-hybridized carbons (Fsp3) is 0.652. The van der Waals surface area contributed by atoms with E-state index in [9.17, 15) is 22.8 Å². The Morgan fingerprint density at radius 2 is 1.78 bits per heavy atom. The zero-order valence-electron chi connectivity index (χ0n) is 19.3. The van der Waals surface area contributed by atoms with E-state index in [4.69, 9.17) is 9.47 Å². The standard InChI is InChI=1S/C23H33F3N2O4/c1-6-18(15-10-12-28(13-11-15)21(30)32-22(3,4)5)27-19-14-16(20(29)31-7-2)8-9-17(19)23(24,25)26/h8-9,14-15,18,27H,6-7,10-13H2,1-5H3. The summed E-state index contributed by atoms with van der Waals surface area (Å²) in [6.45, 7) is 10.0. The van der Waals surface area contributed by atoms with Gasteiger partial charge in [-0.1, -0.05) is 6.92 Å². The summed E-state index contributed by atoms with van der Waals surface area (Å²) in [6, 6.07) is 3.01. The van der Waals surface area contributed by atoms with Crippen molar-refractivity contribution in [3.8, 4) is 0 Å². The van der Waals surface area contributed by atoms with Gasteiger partial charge in [0.15, 0.2) is 0 Å². The number of carbonyl (C=O) groups is 2. The van der Waals surface area contributed by atoms with Gasteiger partial charge in [0.05, 0.1) is 17.7 Å². The predicted molar refractivity (Wildman–Crippen MR) is 116 cm³/mol. The lowest BCUT2D eigenvalue weighted by atomic mass is 9.87. The molecule has 0 radical (unpaired) electrons. The molecule has 1 unspecified atom stereocenters. The Morgan fingerprint density at radius 3 is 2.28 bits per heavy atom. The van der Waals surface area contributed by atoms with Crippen LogP contribution in [-0.4, -0.2) is 48.3 Å². The third kappa shape index (κ3) is 7.03. The van der Waals surface area contributed by atoms with E-state index in [1.807, 2.05) is 6.92 Å². The average Bonchev–Trinajstić information content (AvgIpc) is 2.70. The number of hydrogen-bond donors (Lipinski definition) is 1. The lowest BCUT2D eigenvalue weighted by molar-refractivity contribution is -0.137. The highest BCUT2D eigenvalue weighted by molar-refractivity contribution is 5.91. The minimum absolute atomic E-state index is 0.0666. The first-order valence-corrected chi connectivity index (χ1v) is 11.0. The molecule has 180 valence electrons. The van der Waals surface area contributed by atoms with Gasteiger partial charge in [0.2, 0.25) is 0 Å². The third-order valence-corrected chi connectivity index (χ3v) is 5.38. The summed E-state index contributed by atoms with van der Waals surface area (Å²) in [5.74, 6) is -0.589. The van der Waals surface area contributed by atoms with E-state index >= 15 is 0 Å². The Balaban J connectivity index is 2.15. The van der Waals surface area contributed by atoms with E-state index in [-0.39, 0.29) is 35.9 Å². The minimum Gasteiger partial charge on any atom is -0.462 e.